The average molecular weight is 344 g/mol. The summed E-state index contributed by atoms with van der Waals surface area (Å²) >= 11 is 0. The number of carbonyl (C=O) groups is 1. The highest BCUT2D eigenvalue weighted by Gasteiger charge is 2.48. The standard InChI is InChI=1S/C21H25FO3/c22-19-9-20(16(13-1-2-13)8-17(19)21(23)24)25-10-18-14-4-11-3-12(6-14)7-15(18)5-11/h8-9,11-15,18H,1-7,10H2,(H,23,24). The zero-order chi connectivity index (χ0) is 17.1. The normalized spacial score (nSPS) is 35.8. The lowest BCUT2D eigenvalue weighted by Gasteiger charge is -2.54. The van der Waals surface area contributed by atoms with E-state index in [2.05, 4.69) is 0 Å². The van der Waals surface area contributed by atoms with Crippen LogP contribution in [0.2, 0.25) is 0 Å². The summed E-state index contributed by atoms with van der Waals surface area (Å²) in [4.78, 5) is 11.2. The summed E-state index contributed by atoms with van der Waals surface area (Å²) in [6.45, 7) is 0.667. The molecule has 6 rings (SSSR count). The first-order valence-corrected chi connectivity index (χ1v) is 9.78. The van der Waals surface area contributed by atoms with Crippen LogP contribution in [0.1, 0.15) is 66.8 Å². The van der Waals surface area contributed by atoms with E-state index in [0.29, 0.717) is 24.2 Å². The van der Waals surface area contributed by atoms with Crippen molar-refractivity contribution < 1.29 is 19.0 Å². The lowest BCUT2D eigenvalue weighted by atomic mass is 9.52. The third-order valence-electron chi connectivity index (χ3n) is 7.20. The maximum absolute atomic E-state index is 14.2. The first-order valence-electron chi connectivity index (χ1n) is 9.78. The summed E-state index contributed by atoms with van der Waals surface area (Å²) < 4.78 is 20.3. The highest BCUT2D eigenvalue weighted by molar-refractivity contribution is 5.88. The molecule has 5 saturated carbocycles. The molecule has 0 spiro atoms. The number of carboxylic acid groups (broad SMARTS) is 1. The quantitative estimate of drug-likeness (QED) is 0.830. The molecular weight excluding hydrogens is 319 g/mol. The molecule has 1 aromatic carbocycles. The summed E-state index contributed by atoms with van der Waals surface area (Å²) in [5.74, 6) is 3.07. The highest BCUT2D eigenvalue weighted by Crippen LogP contribution is 2.56. The van der Waals surface area contributed by atoms with Crippen LogP contribution in [-0.4, -0.2) is 17.7 Å². The van der Waals surface area contributed by atoms with Gasteiger partial charge in [-0.3, -0.25) is 0 Å². The second-order valence-corrected chi connectivity index (χ2v) is 8.85. The predicted octanol–water partition coefficient (Wildman–Crippen LogP) is 4.85. The summed E-state index contributed by atoms with van der Waals surface area (Å²) in [5.41, 5.74) is 0.659. The Morgan fingerprint density at radius 1 is 1.08 bits per heavy atom. The summed E-state index contributed by atoms with van der Waals surface area (Å²) in [6, 6.07) is 2.81. The Hall–Kier alpha value is -1.58. The van der Waals surface area contributed by atoms with Gasteiger partial charge in [-0.1, -0.05) is 0 Å². The van der Waals surface area contributed by atoms with E-state index in [1.165, 1.54) is 44.2 Å². The van der Waals surface area contributed by atoms with Gasteiger partial charge in [-0.2, -0.15) is 0 Å². The molecule has 5 fully saturated rings. The Bertz CT molecular complexity index is 681. The zero-order valence-corrected chi connectivity index (χ0v) is 14.4. The molecule has 4 bridgehead atoms. The summed E-state index contributed by atoms with van der Waals surface area (Å²) in [5, 5.41) is 9.17. The van der Waals surface area contributed by atoms with E-state index in [1.54, 1.807) is 0 Å². The van der Waals surface area contributed by atoms with Crippen molar-refractivity contribution in [3.8, 4) is 5.75 Å². The van der Waals surface area contributed by atoms with Gasteiger partial charge in [0.15, 0.2) is 0 Å². The lowest BCUT2D eigenvalue weighted by Crippen LogP contribution is -2.47. The fraction of sp³-hybridized carbons (Fsp3) is 0.667. The number of ether oxygens (including phenoxy) is 1. The Kier molecular flexibility index (Phi) is 3.58. The molecule has 1 N–H and O–H groups in total. The van der Waals surface area contributed by atoms with Crippen molar-refractivity contribution in [1.82, 2.24) is 0 Å². The number of hydrogen-bond acceptors (Lipinski definition) is 2. The van der Waals surface area contributed by atoms with Crippen LogP contribution in [0.4, 0.5) is 4.39 Å². The van der Waals surface area contributed by atoms with Gasteiger partial charge in [0.1, 0.15) is 11.6 Å². The van der Waals surface area contributed by atoms with Crippen LogP contribution in [0.5, 0.6) is 5.75 Å². The summed E-state index contributed by atoms with van der Waals surface area (Å²) in [7, 11) is 0. The third kappa shape index (κ3) is 2.74. The number of rotatable bonds is 5. The number of halogens is 1. The fourth-order valence-electron chi connectivity index (χ4n) is 6.07. The van der Waals surface area contributed by atoms with Gasteiger partial charge >= 0.3 is 5.97 Å². The molecule has 0 amide bonds. The minimum atomic E-state index is -1.20. The van der Waals surface area contributed by atoms with E-state index in [-0.39, 0.29) is 5.56 Å². The first-order chi connectivity index (χ1) is 12.1. The van der Waals surface area contributed by atoms with Crippen molar-refractivity contribution in [2.45, 2.75) is 50.9 Å². The second-order valence-electron chi connectivity index (χ2n) is 8.85. The van der Waals surface area contributed by atoms with Crippen LogP contribution >= 0.6 is 0 Å². The molecule has 3 nitrogen and oxygen atoms in total. The van der Waals surface area contributed by atoms with Crippen molar-refractivity contribution in [3.63, 3.8) is 0 Å². The van der Waals surface area contributed by atoms with Gasteiger partial charge in [-0.05, 0) is 92.1 Å². The van der Waals surface area contributed by atoms with E-state index in [0.717, 1.165) is 42.1 Å². The molecule has 134 valence electrons. The molecule has 0 radical (unpaired) electrons. The molecule has 4 heteroatoms. The van der Waals surface area contributed by atoms with Crippen molar-refractivity contribution in [2.24, 2.45) is 29.6 Å². The summed E-state index contributed by atoms with van der Waals surface area (Å²) in [6.07, 6.45) is 8.92. The van der Waals surface area contributed by atoms with E-state index in [1.807, 2.05) is 0 Å². The SMILES string of the molecule is O=C(O)c1cc(C2CC2)c(OCC2C3CC4CC(C3)CC2C4)cc1F. The largest absolute Gasteiger partial charge is 0.493 e. The number of benzene rings is 1. The number of aromatic carboxylic acids is 1. The van der Waals surface area contributed by atoms with Crippen LogP contribution in [0, 0.1) is 35.4 Å². The monoisotopic (exact) mass is 344 g/mol. The van der Waals surface area contributed by atoms with Crippen molar-refractivity contribution in [1.29, 1.82) is 0 Å². The fourth-order valence-corrected chi connectivity index (χ4v) is 6.07. The molecule has 0 atom stereocenters. The van der Waals surface area contributed by atoms with Gasteiger partial charge in [-0.15, -0.1) is 0 Å². The number of carboxylic acids is 1. The Morgan fingerprint density at radius 2 is 1.72 bits per heavy atom. The predicted molar refractivity (Wildman–Crippen MR) is 91.4 cm³/mol. The van der Waals surface area contributed by atoms with E-state index in [9.17, 15) is 14.3 Å². The van der Waals surface area contributed by atoms with Crippen molar-refractivity contribution >= 4 is 5.97 Å². The maximum atomic E-state index is 14.2. The van der Waals surface area contributed by atoms with Gasteiger partial charge in [-0.25, -0.2) is 9.18 Å². The van der Waals surface area contributed by atoms with E-state index >= 15 is 0 Å². The minimum absolute atomic E-state index is 0.233. The van der Waals surface area contributed by atoms with E-state index < -0.39 is 11.8 Å². The molecule has 0 unspecified atom stereocenters. The molecule has 1 aromatic rings. The molecule has 0 aromatic heterocycles. The Balaban J connectivity index is 1.36. The van der Waals surface area contributed by atoms with Crippen LogP contribution in [0.25, 0.3) is 0 Å². The number of hydrogen-bond donors (Lipinski definition) is 1. The van der Waals surface area contributed by atoms with Crippen LogP contribution in [0.15, 0.2) is 12.1 Å². The molecule has 5 aliphatic carbocycles. The third-order valence-corrected chi connectivity index (χ3v) is 7.20. The average Bonchev–Trinajstić information content (AvgIpc) is 3.38. The van der Waals surface area contributed by atoms with Gasteiger partial charge in [0.05, 0.1) is 12.2 Å². The topological polar surface area (TPSA) is 46.5 Å². The smallest absolute Gasteiger partial charge is 0.338 e. The molecule has 25 heavy (non-hydrogen) atoms. The highest BCUT2D eigenvalue weighted by atomic mass is 19.1. The first kappa shape index (κ1) is 15.7. The zero-order valence-electron chi connectivity index (χ0n) is 14.4. The lowest BCUT2D eigenvalue weighted by molar-refractivity contribution is -0.0530. The molecule has 0 aliphatic heterocycles. The van der Waals surface area contributed by atoms with E-state index in [4.69, 9.17) is 4.74 Å². The van der Waals surface area contributed by atoms with Gasteiger partial charge < -0.3 is 9.84 Å². The van der Waals surface area contributed by atoms with Gasteiger partial charge in [0.25, 0.3) is 0 Å². The van der Waals surface area contributed by atoms with Crippen molar-refractivity contribution in [3.05, 3.63) is 29.1 Å². The minimum Gasteiger partial charge on any atom is -0.493 e. The van der Waals surface area contributed by atoms with Crippen LogP contribution in [-0.2, 0) is 0 Å². The van der Waals surface area contributed by atoms with Crippen molar-refractivity contribution in [2.75, 3.05) is 6.61 Å². The second kappa shape index (κ2) is 5.72. The molecular formula is C21H25FO3. The maximum Gasteiger partial charge on any atom is 0.338 e. The van der Waals surface area contributed by atoms with Crippen LogP contribution < -0.4 is 4.74 Å². The van der Waals surface area contributed by atoms with Crippen LogP contribution in [0.3, 0.4) is 0 Å². The van der Waals surface area contributed by atoms with Gasteiger partial charge in [0.2, 0.25) is 0 Å². The Labute approximate surface area is 147 Å². The van der Waals surface area contributed by atoms with Gasteiger partial charge in [0, 0.05) is 6.07 Å². The Morgan fingerprint density at radius 3 is 2.28 bits per heavy atom. The molecule has 0 heterocycles. The molecule has 0 saturated heterocycles. The molecule has 5 aliphatic rings.